The van der Waals surface area contributed by atoms with Gasteiger partial charge in [-0.05, 0) is 78.5 Å². The molecule has 0 heteroatoms. The molecular weight excluding hydrogens is 240 g/mol. The summed E-state index contributed by atoms with van der Waals surface area (Å²) in [5.41, 5.74) is 6.89. The number of benzene rings is 1. The van der Waals surface area contributed by atoms with Crippen LogP contribution in [0.3, 0.4) is 0 Å². The van der Waals surface area contributed by atoms with Crippen molar-refractivity contribution in [3.05, 3.63) is 34.4 Å². The molecule has 1 fully saturated rings. The fourth-order valence-corrected chi connectivity index (χ4v) is 3.63. The van der Waals surface area contributed by atoms with Crippen molar-refractivity contribution in [3.8, 4) is 0 Å². The van der Waals surface area contributed by atoms with Gasteiger partial charge in [0.1, 0.15) is 0 Å². The minimum absolute atomic E-state index is 0.249. The van der Waals surface area contributed by atoms with Crippen LogP contribution in [0.15, 0.2) is 12.1 Å². The van der Waals surface area contributed by atoms with Crippen molar-refractivity contribution in [2.24, 2.45) is 5.41 Å². The van der Waals surface area contributed by atoms with E-state index >= 15 is 0 Å². The van der Waals surface area contributed by atoms with Gasteiger partial charge in [0.05, 0.1) is 0 Å². The van der Waals surface area contributed by atoms with Gasteiger partial charge in [0, 0.05) is 0 Å². The predicted octanol–water partition coefficient (Wildman–Crippen LogP) is 6.28. The van der Waals surface area contributed by atoms with Crippen LogP contribution in [0.1, 0.15) is 88.5 Å². The molecule has 2 rings (SSSR count). The number of rotatable bonds is 1. The summed E-state index contributed by atoms with van der Waals surface area (Å²) in [5, 5.41) is 0. The molecule has 112 valence electrons. The van der Waals surface area contributed by atoms with Gasteiger partial charge < -0.3 is 0 Å². The lowest BCUT2D eigenvalue weighted by Crippen LogP contribution is -2.21. The van der Waals surface area contributed by atoms with Crippen molar-refractivity contribution in [1.82, 2.24) is 0 Å². The van der Waals surface area contributed by atoms with E-state index < -0.39 is 0 Å². The Morgan fingerprint density at radius 2 is 1.55 bits per heavy atom. The molecule has 0 aliphatic heterocycles. The number of hydrogen-bond donors (Lipinski definition) is 0. The Morgan fingerprint density at radius 3 is 2.05 bits per heavy atom. The van der Waals surface area contributed by atoms with Crippen LogP contribution in [-0.2, 0) is 5.41 Å². The molecule has 0 saturated heterocycles. The summed E-state index contributed by atoms with van der Waals surface area (Å²) in [7, 11) is 0. The molecule has 0 N–H and O–H groups in total. The van der Waals surface area contributed by atoms with Crippen LogP contribution in [0.2, 0.25) is 0 Å². The van der Waals surface area contributed by atoms with E-state index in [1.165, 1.54) is 42.4 Å². The quantitative estimate of drug-likeness (QED) is 0.564. The maximum Gasteiger partial charge on any atom is -0.0129 e. The van der Waals surface area contributed by atoms with Crippen LogP contribution < -0.4 is 0 Å². The molecule has 0 radical (unpaired) electrons. The van der Waals surface area contributed by atoms with Crippen LogP contribution in [0.4, 0.5) is 0 Å². The van der Waals surface area contributed by atoms with Crippen molar-refractivity contribution in [2.75, 3.05) is 0 Å². The molecule has 20 heavy (non-hydrogen) atoms. The maximum absolute atomic E-state index is 2.51. The highest BCUT2D eigenvalue weighted by Crippen LogP contribution is 2.43. The number of hydrogen-bond acceptors (Lipinski definition) is 0. The van der Waals surface area contributed by atoms with Crippen molar-refractivity contribution in [3.63, 3.8) is 0 Å². The summed E-state index contributed by atoms with van der Waals surface area (Å²) in [4.78, 5) is 0. The van der Waals surface area contributed by atoms with Gasteiger partial charge in [0.25, 0.3) is 0 Å². The molecule has 0 unspecified atom stereocenters. The first-order valence-electron chi connectivity index (χ1n) is 8.22. The van der Waals surface area contributed by atoms with Crippen LogP contribution >= 0.6 is 0 Å². The minimum Gasteiger partial charge on any atom is -0.0599 e. The molecule has 1 saturated carbocycles. The van der Waals surface area contributed by atoms with Crippen molar-refractivity contribution in [2.45, 2.75) is 85.5 Å². The lowest BCUT2D eigenvalue weighted by Gasteiger charge is -2.35. The Balaban J connectivity index is 2.32. The first-order valence-corrected chi connectivity index (χ1v) is 8.22. The monoisotopic (exact) mass is 272 g/mol. The highest BCUT2D eigenvalue weighted by atomic mass is 14.3. The molecule has 1 aromatic carbocycles. The van der Waals surface area contributed by atoms with E-state index in [0.29, 0.717) is 5.41 Å². The molecule has 1 aromatic rings. The lowest BCUT2D eigenvalue weighted by atomic mass is 9.70. The van der Waals surface area contributed by atoms with Crippen LogP contribution in [0, 0.1) is 19.3 Å². The normalized spacial score (nSPS) is 20.1. The zero-order chi connectivity index (χ0) is 15.1. The van der Waals surface area contributed by atoms with Gasteiger partial charge in [-0.1, -0.05) is 46.8 Å². The lowest BCUT2D eigenvalue weighted by molar-refractivity contribution is 0.224. The second kappa shape index (κ2) is 5.20. The van der Waals surface area contributed by atoms with Crippen molar-refractivity contribution in [1.29, 1.82) is 0 Å². The maximum atomic E-state index is 2.51. The van der Waals surface area contributed by atoms with Gasteiger partial charge in [-0.2, -0.15) is 0 Å². The highest BCUT2D eigenvalue weighted by Gasteiger charge is 2.28. The van der Waals surface area contributed by atoms with Crippen LogP contribution in [-0.4, -0.2) is 0 Å². The molecule has 0 atom stereocenters. The number of aryl methyl sites for hydroxylation is 1. The van der Waals surface area contributed by atoms with Gasteiger partial charge >= 0.3 is 0 Å². The molecule has 0 aromatic heterocycles. The van der Waals surface area contributed by atoms with E-state index in [0.717, 1.165) is 5.92 Å². The zero-order valence-electron chi connectivity index (χ0n) is 14.6. The molecule has 0 amide bonds. The van der Waals surface area contributed by atoms with Gasteiger partial charge in [-0.3, -0.25) is 0 Å². The van der Waals surface area contributed by atoms with Gasteiger partial charge in [-0.25, -0.2) is 0 Å². The Kier molecular flexibility index (Phi) is 4.06. The third-order valence-electron chi connectivity index (χ3n) is 5.31. The summed E-state index contributed by atoms with van der Waals surface area (Å²) in [5.74, 6) is 0.781. The summed E-state index contributed by atoms with van der Waals surface area (Å²) in [6, 6.07) is 4.96. The van der Waals surface area contributed by atoms with E-state index in [-0.39, 0.29) is 5.41 Å². The second-order valence-corrected chi connectivity index (χ2v) is 8.70. The topological polar surface area (TPSA) is 0 Å². The third kappa shape index (κ3) is 3.27. The van der Waals surface area contributed by atoms with E-state index in [2.05, 4.69) is 60.6 Å². The summed E-state index contributed by atoms with van der Waals surface area (Å²) >= 11 is 0. The average Bonchev–Trinajstić information content (AvgIpc) is 2.31. The average molecular weight is 272 g/mol. The summed E-state index contributed by atoms with van der Waals surface area (Å²) < 4.78 is 0. The fraction of sp³-hybridized carbons (Fsp3) is 0.700. The SMILES string of the molecule is Cc1cc(C2CCC(C)(C)CC2)cc(C(C)(C)C)c1C. The molecule has 0 spiro atoms. The van der Waals surface area contributed by atoms with E-state index in [1.807, 2.05) is 0 Å². The van der Waals surface area contributed by atoms with Crippen LogP contribution in [0.5, 0.6) is 0 Å². The van der Waals surface area contributed by atoms with Gasteiger partial charge in [0.15, 0.2) is 0 Å². The second-order valence-electron chi connectivity index (χ2n) is 8.70. The molecule has 1 aliphatic carbocycles. The molecular formula is C20H32. The van der Waals surface area contributed by atoms with E-state index in [4.69, 9.17) is 0 Å². The Bertz CT molecular complexity index is 475. The first-order chi connectivity index (χ1) is 9.10. The Morgan fingerprint density at radius 1 is 1.00 bits per heavy atom. The van der Waals surface area contributed by atoms with Crippen LogP contribution in [0.25, 0.3) is 0 Å². The fourth-order valence-electron chi connectivity index (χ4n) is 3.63. The summed E-state index contributed by atoms with van der Waals surface area (Å²) in [6.45, 7) is 16.4. The molecule has 0 nitrogen and oxygen atoms in total. The van der Waals surface area contributed by atoms with E-state index in [9.17, 15) is 0 Å². The smallest absolute Gasteiger partial charge is 0.0129 e. The highest BCUT2D eigenvalue weighted by molar-refractivity contribution is 5.42. The Hall–Kier alpha value is -0.780. The Labute approximate surface area is 126 Å². The predicted molar refractivity (Wildman–Crippen MR) is 89.6 cm³/mol. The first kappa shape index (κ1) is 15.6. The third-order valence-corrected chi connectivity index (χ3v) is 5.31. The van der Waals surface area contributed by atoms with Gasteiger partial charge in [0.2, 0.25) is 0 Å². The van der Waals surface area contributed by atoms with Gasteiger partial charge in [-0.15, -0.1) is 0 Å². The zero-order valence-corrected chi connectivity index (χ0v) is 14.6. The van der Waals surface area contributed by atoms with Crippen molar-refractivity contribution >= 4 is 0 Å². The summed E-state index contributed by atoms with van der Waals surface area (Å²) in [6.07, 6.45) is 5.46. The standard InChI is InChI=1S/C20H32/c1-14-12-17(13-18(15(14)2)19(3,4)5)16-8-10-20(6,7)11-9-16/h12-13,16H,8-11H2,1-7H3. The largest absolute Gasteiger partial charge is 0.0599 e. The molecule has 1 aliphatic rings. The van der Waals surface area contributed by atoms with Crippen molar-refractivity contribution < 1.29 is 0 Å². The molecule has 0 bridgehead atoms. The molecule has 0 heterocycles. The minimum atomic E-state index is 0.249. The van der Waals surface area contributed by atoms with E-state index in [1.54, 1.807) is 5.56 Å².